The third kappa shape index (κ3) is 3.62. The van der Waals surface area contributed by atoms with E-state index in [0.29, 0.717) is 23.0 Å². The number of carbonyl (C=O) groups is 1. The summed E-state index contributed by atoms with van der Waals surface area (Å²) < 4.78 is 33.5. The highest BCUT2D eigenvalue weighted by atomic mass is 32.1. The van der Waals surface area contributed by atoms with Crippen LogP contribution in [0.4, 0.5) is 13.9 Å². The molecule has 26 heavy (non-hydrogen) atoms. The van der Waals surface area contributed by atoms with Gasteiger partial charge in [-0.15, -0.1) is 11.3 Å². The molecule has 0 spiro atoms. The summed E-state index contributed by atoms with van der Waals surface area (Å²) in [5, 5.41) is 2.30. The van der Waals surface area contributed by atoms with Crippen LogP contribution in [0.3, 0.4) is 0 Å². The van der Waals surface area contributed by atoms with Crippen molar-refractivity contribution in [1.29, 1.82) is 0 Å². The molecule has 136 valence electrons. The molecule has 4 rings (SSSR count). The van der Waals surface area contributed by atoms with E-state index in [4.69, 9.17) is 4.74 Å². The minimum absolute atomic E-state index is 0.0594. The molecular formula is C18H16F2N2O2S2. The smallest absolute Gasteiger partial charge is 0.234 e. The molecule has 1 fully saturated rings. The van der Waals surface area contributed by atoms with Gasteiger partial charge in [0.05, 0.1) is 23.8 Å². The maximum Gasteiger partial charge on any atom is 0.234 e. The minimum Gasteiger partial charge on any atom is -0.376 e. The molecule has 1 aromatic carbocycles. The Morgan fingerprint density at radius 1 is 1.38 bits per heavy atom. The van der Waals surface area contributed by atoms with Gasteiger partial charge in [-0.3, -0.25) is 9.69 Å². The molecule has 0 N–H and O–H groups in total. The first-order chi connectivity index (χ1) is 12.6. The summed E-state index contributed by atoms with van der Waals surface area (Å²) in [5.41, 5.74) is 0.0904. The van der Waals surface area contributed by atoms with Gasteiger partial charge in [-0.25, -0.2) is 13.8 Å². The van der Waals surface area contributed by atoms with Crippen LogP contribution in [-0.2, 0) is 16.0 Å². The van der Waals surface area contributed by atoms with Gasteiger partial charge >= 0.3 is 0 Å². The molecule has 0 radical (unpaired) electrons. The number of fused-ring (bicyclic) bond motifs is 1. The van der Waals surface area contributed by atoms with E-state index in [0.717, 1.165) is 35.1 Å². The summed E-state index contributed by atoms with van der Waals surface area (Å²) >= 11 is 2.63. The van der Waals surface area contributed by atoms with Crippen molar-refractivity contribution in [1.82, 2.24) is 4.98 Å². The van der Waals surface area contributed by atoms with Gasteiger partial charge in [0.25, 0.3) is 0 Å². The summed E-state index contributed by atoms with van der Waals surface area (Å²) in [7, 11) is 0. The fourth-order valence-electron chi connectivity index (χ4n) is 3.00. The van der Waals surface area contributed by atoms with Crippen molar-refractivity contribution in [2.75, 3.05) is 18.1 Å². The second kappa shape index (κ2) is 7.38. The highest BCUT2D eigenvalue weighted by molar-refractivity contribution is 7.22. The normalized spacial score (nSPS) is 17.1. The van der Waals surface area contributed by atoms with E-state index in [1.54, 1.807) is 4.90 Å². The van der Waals surface area contributed by atoms with Gasteiger partial charge in [-0.2, -0.15) is 0 Å². The molecule has 1 atom stereocenters. The molecule has 0 unspecified atom stereocenters. The van der Waals surface area contributed by atoms with Crippen molar-refractivity contribution in [2.24, 2.45) is 0 Å². The zero-order valence-electron chi connectivity index (χ0n) is 13.8. The monoisotopic (exact) mass is 394 g/mol. The van der Waals surface area contributed by atoms with Crippen LogP contribution in [0, 0.1) is 11.6 Å². The Morgan fingerprint density at radius 3 is 3.00 bits per heavy atom. The Kier molecular flexibility index (Phi) is 4.97. The SMILES string of the molecule is O=C(Cc1cccs1)N(C[C@@H]1CCCO1)c1nc2c(F)cc(F)cc2s1. The molecule has 0 aliphatic carbocycles. The van der Waals surface area contributed by atoms with Crippen LogP contribution >= 0.6 is 22.7 Å². The van der Waals surface area contributed by atoms with Crippen LogP contribution in [-0.4, -0.2) is 30.1 Å². The van der Waals surface area contributed by atoms with Crippen molar-refractivity contribution >= 4 is 43.9 Å². The third-order valence-electron chi connectivity index (χ3n) is 4.25. The number of benzene rings is 1. The molecule has 1 aliphatic heterocycles. The van der Waals surface area contributed by atoms with Gasteiger partial charge in [0.15, 0.2) is 10.9 Å². The van der Waals surface area contributed by atoms with Gasteiger partial charge in [-0.1, -0.05) is 17.4 Å². The number of hydrogen-bond acceptors (Lipinski definition) is 5. The van der Waals surface area contributed by atoms with Crippen LogP contribution in [0.25, 0.3) is 10.2 Å². The number of thiazole rings is 1. The van der Waals surface area contributed by atoms with Crippen molar-refractivity contribution in [3.63, 3.8) is 0 Å². The number of halogens is 2. The quantitative estimate of drug-likeness (QED) is 0.645. The first-order valence-corrected chi connectivity index (χ1v) is 9.99. The van der Waals surface area contributed by atoms with Crippen LogP contribution in [0.1, 0.15) is 17.7 Å². The van der Waals surface area contributed by atoms with E-state index in [2.05, 4.69) is 4.98 Å². The molecule has 1 aliphatic rings. The number of thiophene rings is 1. The maximum atomic E-state index is 14.0. The number of hydrogen-bond donors (Lipinski definition) is 0. The molecular weight excluding hydrogens is 378 g/mol. The van der Waals surface area contributed by atoms with E-state index in [1.807, 2.05) is 17.5 Å². The molecule has 1 saturated heterocycles. The summed E-state index contributed by atoms with van der Waals surface area (Å²) in [5.74, 6) is -1.49. The van der Waals surface area contributed by atoms with Crippen LogP contribution in [0.15, 0.2) is 29.6 Å². The Bertz CT molecular complexity index is 921. The molecule has 1 amide bonds. The highest BCUT2D eigenvalue weighted by Gasteiger charge is 2.27. The number of carbonyl (C=O) groups excluding carboxylic acids is 1. The molecule has 2 aromatic heterocycles. The molecule has 8 heteroatoms. The number of rotatable bonds is 5. The number of amides is 1. The molecule has 0 bridgehead atoms. The van der Waals surface area contributed by atoms with Gasteiger partial charge in [0.1, 0.15) is 11.3 Å². The zero-order chi connectivity index (χ0) is 18.1. The molecule has 0 saturated carbocycles. The van der Waals surface area contributed by atoms with Crippen molar-refractivity contribution < 1.29 is 18.3 Å². The summed E-state index contributed by atoms with van der Waals surface area (Å²) in [4.78, 5) is 19.7. The summed E-state index contributed by atoms with van der Waals surface area (Å²) in [6, 6.07) is 5.85. The standard InChI is InChI=1S/C18H16F2N2O2S2/c19-11-7-14(20)17-15(8-11)26-18(21-17)22(10-12-3-1-5-24-12)16(23)9-13-4-2-6-25-13/h2,4,6-8,12H,1,3,5,9-10H2/t12-/m0/s1. The van der Waals surface area contributed by atoms with Crippen LogP contribution < -0.4 is 4.90 Å². The van der Waals surface area contributed by atoms with Crippen molar-refractivity contribution in [3.05, 3.63) is 46.2 Å². The fraction of sp³-hybridized carbons (Fsp3) is 0.333. The van der Waals surface area contributed by atoms with E-state index in [9.17, 15) is 13.6 Å². The Balaban J connectivity index is 1.67. The Labute approximate surface area is 157 Å². The van der Waals surface area contributed by atoms with E-state index < -0.39 is 11.6 Å². The molecule has 4 nitrogen and oxygen atoms in total. The van der Waals surface area contributed by atoms with Gasteiger partial charge < -0.3 is 4.74 Å². The predicted molar refractivity (Wildman–Crippen MR) is 98.9 cm³/mol. The molecule has 3 heterocycles. The fourth-order valence-corrected chi connectivity index (χ4v) is 4.72. The number of aromatic nitrogens is 1. The van der Waals surface area contributed by atoms with Gasteiger partial charge in [0, 0.05) is 17.6 Å². The number of ether oxygens (including phenoxy) is 1. The zero-order valence-corrected chi connectivity index (χ0v) is 15.4. The lowest BCUT2D eigenvalue weighted by Crippen LogP contribution is -2.38. The van der Waals surface area contributed by atoms with Gasteiger partial charge in [0.2, 0.25) is 5.91 Å². The van der Waals surface area contributed by atoms with E-state index >= 15 is 0 Å². The second-order valence-corrected chi connectivity index (χ2v) is 8.17. The average molecular weight is 394 g/mol. The van der Waals surface area contributed by atoms with Crippen molar-refractivity contribution in [2.45, 2.75) is 25.4 Å². The van der Waals surface area contributed by atoms with E-state index in [-0.39, 0.29) is 23.9 Å². The second-order valence-electron chi connectivity index (χ2n) is 6.13. The maximum absolute atomic E-state index is 14.0. The summed E-state index contributed by atoms with van der Waals surface area (Å²) in [6.45, 7) is 1.05. The summed E-state index contributed by atoms with van der Waals surface area (Å²) in [6.07, 6.45) is 2.02. The first-order valence-electron chi connectivity index (χ1n) is 8.30. The lowest BCUT2D eigenvalue weighted by Gasteiger charge is -2.22. The first kappa shape index (κ1) is 17.5. The van der Waals surface area contributed by atoms with Crippen LogP contribution in [0.5, 0.6) is 0 Å². The highest BCUT2D eigenvalue weighted by Crippen LogP contribution is 2.32. The lowest BCUT2D eigenvalue weighted by molar-refractivity contribution is -0.118. The Hall–Kier alpha value is -1.90. The minimum atomic E-state index is -0.717. The predicted octanol–water partition coefficient (Wildman–Crippen LogP) is 4.39. The number of anilines is 1. The topological polar surface area (TPSA) is 42.4 Å². The van der Waals surface area contributed by atoms with E-state index in [1.165, 1.54) is 17.4 Å². The number of nitrogens with zero attached hydrogens (tertiary/aromatic N) is 2. The third-order valence-corrected chi connectivity index (χ3v) is 6.15. The van der Waals surface area contributed by atoms with Gasteiger partial charge in [-0.05, 0) is 30.4 Å². The average Bonchev–Trinajstić information content (AvgIpc) is 3.33. The Morgan fingerprint density at radius 2 is 2.27 bits per heavy atom. The van der Waals surface area contributed by atoms with Crippen LogP contribution in [0.2, 0.25) is 0 Å². The lowest BCUT2D eigenvalue weighted by atomic mass is 10.2. The van der Waals surface area contributed by atoms with Crippen molar-refractivity contribution in [3.8, 4) is 0 Å². The molecule has 3 aromatic rings. The largest absolute Gasteiger partial charge is 0.376 e.